The van der Waals surface area contributed by atoms with Crippen molar-refractivity contribution < 1.29 is 54.3 Å². The number of aliphatic hydroxyl groups excluding tert-OH is 6. The Morgan fingerprint density at radius 1 is 0.964 bits per heavy atom. The summed E-state index contributed by atoms with van der Waals surface area (Å²) >= 11 is 0. The SMILES string of the molecule is COC[C@H]1O[C@@H](O)[C@H](N[C@H](C)O)[C@@H](O[C@@H]2O[C@H](CO)[C@H](O)[C@H](OC)[C@H]2O)[C@@H]1O. The monoisotopic (exact) mass is 413 g/mol. The Labute approximate surface area is 162 Å². The van der Waals surface area contributed by atoms with Gasteiger partial charge >= 0.3 is 0 Å². The molecule has 11 atom stereocenters. The van der Waals surface area contributed by atoms with Crippen LogP contribution in [0.15, 0.2) is 0 Å². The third-order valence-electron chi connectivity index (χ3n) is 4.84. The zero-order valence-corrected chi connectivity index (χ0v) is 16.0. The number of aliphatic hydroxyl groups is 6. The van der Waals surface area contributed by atoms with Crippen LogP contribution in [-0.4, -0.2) is 126 Å². The zero-order valence-electron chi connectivity index (χ0n) is 16.0. The van der Waals surface area contributed by atoms with E-state index in [9.17, 15) is 30.6 Å². The van der Waals surface area contributed by atoms with Crippen molar-refractivity contribution in [3.05, 3.63) is 0 Å². The molecule has 0 aromatic carbocycles. The quantitative estimate of drug-likeness (QED) is 0.191. The van der Waals surface area contributed by atoms with Gasteiger partial charge in [-0.1, -0.05) is 0 Å². The summed E-state index contributed by atoms with van der Waals surface area (Å²) in [7, 11) is 2.66. The first-order chi connectivity index (χ1) is 13.2. The standard InChI is InChI=1S/C16H31NO11/c1-6(19)17-9-13(11(21)8(5-24-2)26-15(9)23)28-16-12(22)14(25-3)10(20)7(4-18)27-16/h6-23H,4-5H2,1-3H3/t6-,7+,8+,9+,10-,11+,12+,13+,14-,15+,16-/m0/s1. The topological polar surface area (TPSA) is 180 Å². The van der Waals surface area contributed by atoms with Gasteiger partial charge in [-0.25, -0.2) is 0 Å². The van der Waals surface area contributed by atoms with Gasteiger partial charge in [0, 0.05) is 14.2 Å². The first-order valence-electron chi connectivity index (χ1n) is 9.00. The fourth-order valence-corrected chi connectivity index (χ4v) is 3.45. The van der Waals surface area contributed by atoms with Crippen molar-refractivity contribution in [2.75, 3.05) is 27.4 Å². The predicted octanol–water partition coefficient (Wildman–Crippen LogP) is -4.15. The van der Waals surface area contributed by atoms with Crippen molar-refractivity contribution in [2.45, 2.75) is 74.5 Å². The lowest BCUT2D eigenvalue weighted by Crippen LogP contribution is -2.68. The summed E-state index contributed by atoms with van der Waals surface area (Å²) in [5.41, 5.74) is 0. The van der Waals surface area contributed by atoms with Gasteiger partial charge in [0.1, 0.15) is 49.0 Å². The lowest BCUT2D eigenvalue weighted by atomic mass is 9.95. The molecular weight excluding hydrogens is 382 g/mol. The molecule has 0 radical (unpaired) electrons. The molecule has 2 heterocycles. The molecule has 0 aromatic heterocycles. The van der Waals surface area contributed by atoms with Crippen LogP contribution < -0.4 is 5.32 Å². The molecule has 0 aliphatic carbocycles. The second-order valence-electron chi connectivity index (χ2n) is 6.89. The molecular formula is C16H31NO11. The van der Waals surface area contributed by atoms with Crippen LogP contribution >= 0.6 is 0 Å². The molecule has 12 heteroatoms. The number of rotatable bonds is 8. The Kier molecular flexibility index (Phi) is 8.94. The van der Waals surface area contributed by atoms with E-state index in [1.54, 1.807) is 0 Å². The molecule has 0 spiro atoms. The molecule has 0 saturated carbocycles. The van der Waals surface area contributed by atoms with E-state index in [0.717, 1.165) is 0 Å². The van der Waals surface area contributed by atoms with E-state index in [1.165, 1.54) is 21.1 Å². The summed E-state index contributed by atoms with van der Waals surface area (Å²) in [4.78, 5) is 0. The summed E-state index contributed by atoms with van der Waals surface area (Å²) < 4.78 is 26.5. The van der Waals surface area contributed by atoms with E-state index in [2.05, 4.69) is 5.32 Å². The van der Waals surface area contributed by atoms with Gasteiger partial charge in [0.05, 0.1) is 19.3 Å². The van der Waals surface area contributed by atoms with Crippen molar-refractivity contribution in [1.29, 1.82) is 0 Å². The maximum absolute atomic E-state index is 10.6. The highest BCUT2D eigenvalue weighted by Gasteiger charge is 2.51. The van der Waals surface area contributed by atoms with E-state index in [-0.39, 0.29) is 6.61 Å². The number of ether oxygens (including phenoxy) is 5. The lowest BCUT2D eigenvalue weighted by Gasteiger charge is -2.47. The highest BCUT2D eigenvalue weighted by atomic mass is 16.7. The summed E-state index contributed by atoms with van der Waals surface area (Å²) in [6, 6.07) is -1.08. The molecule has 0 amide bonds. The van der Waals surface area contributed by atoms with E-state index in [4.69, 9.17) is 23.7 Å². The van der Waals surface area contributed by atoms with E-state index in [1.807, 2.05) is 0 Å². The van der Waals surface area contributed by atoms with Crippen LogP contribution in [0.1, 0.15) is 6.92 Å². The largest absolute Gasteiger partial charge is 0.394 e. The number of hydrogen-bond acceptors (Lipinski definition) is 12. The van der Waals surface area contributed by atoms with Crippen LogP contribution in [-0.2, 0) is 23.7 Å². The van der Waals surface area contributed by atoms with Crippen molar-refractivity contribution >= 4 is 0 Å². The minimum atomic E-state index is -1.47. The fourth-order valence-electron chi connectivity index (χ4n) is 3.45. The molecule has 2 aliphatic rings. The molecule has 0 aromatic rings. The number of hydrogen-bond donors (Lipinski definition) is 7. The van der Waals surface area contributed by atoms with Gasteiger partial charge in [-0.3, -0.25) is 5.32 Å². The number of nitrogens with one attached hydrogen (secondary N) is 1. The molecule has 2 rings (SSSR count). The van der Waals surface area contributed by atoms with Crippen LogP contribution in [0.25, 0.3) is 0 Å². The maximum Gasteiger partial charge on any atom is 0.187 e. The summed E-state index contributed by atoms with van der Waals surface area (Å²) in [6.07, 6.45) is -12.4. The summed E-state index contributed by atoms with van der Waals surface area (Å²) in [5, 5.41) is 63.2. The summed E-state index contributed by atoms with van der Waals surface area (Å²) in [5.74, 6) is 0. The Hall–Kier alpha value is -0.480. The van der Waals surface area contributed by atoms with Crippen molar-refractivity contribution in [3.63, 3.8) is 0 Å². The highest BCUT2D eigenvalue weighted by molar-refractivity contribution is 4.97. The molecule has 2 saturated heterocycles. The first-order valence-corrected chi connectivity index (χ1v) is 9.00. The molecule has 28 heavy (non-hydrogen) atoms. The van der Waals surface area contributed by atoms with Gasteiger partial charge in [-0.15, -0.1) is 0 Å². The average molecular weight is 413 g/mol. The molecule has 2 fully saturated rings. The highest BCUT2D eigenvalue weighted by Crippen LogP contribution is 2.29. The van der Waals surface area contributed by atoms with E-state index >= 15 is 0 Å². The van der Waals surface area contributed by atoms with Gasteiger partial charge < -0.3 is 54.3 Å². The molecule has 0 unspecified atom stereocenters. The molecule has 12 nitrogen and oxygen atoms in total. The van der Waals surface area contributed by atoms with Crippen LogP contribution in [0, 0.1) is 0 Å². The Morgan fingerprint density at radius 2 is 1.61 bits per heavy atom. The van der Waals surface area contributed by atoms with Crippen LogP contribution in [0.3, 0.4) is 0 Å². The maximum atomic E-state index is 10.6. The molecule has 0 bridgehead atoms. The average Bonchev–Trinajstić information content (AvgIpc) is 2.64. The number of methoxy groups -OCH3 is 2. The van der Waals surface area contributed by atoms with Crippen LogP contribution in [0.5, 0.6) is 0 Å². The Bertz CT molecular complexity index is 470. The predicted molar refractivity (Wildman–Crippen MR) is 90.8 cm³/mol. The minimum absolute atomic E-state index is 0.0494. The zero-order chi connectivity index (χ0) is 21.0. The van der Waals surface area contributed by atoms with Crippen LogP contribution in [0.2, 0.25) is 0 Å². The van der Waals surface area contributed by atoms with Crippen molar-refractivity contribution in [3.8, 4) is 0 Å². The third-order valence-corrected chi connectivity index (χ3v) is 4.84. The van der Waals surface area contributed by atoms with Gasteiger partial charge in [0.15, 0.2) is 12.6 Å². The Balaban J connectivity index is 2.23. The smallest absolute Gasteiger partial charge is 0.187 e. The molecule has 7 N–H and O–H groups in total. The van der Waals surface area contributed by atoms with Gasteiger partial charge in [-0.05, 0) is 6.92 Å². The van der Waals surface area contributed by atoms with Gasteiger partial charge in [0.2, 0.25) is 0 Å². The van der Waals surface area contributed by atoms with E-state index < -0.39 is 74.2 Å². The molecule has 166 valence electrons. The first kappa shape index (κ1) is 23.8. The van der Waals surface area contributed by atoms with Crippen molar-refractivity contribution in [1.82, 2.24) is 5.32 Å². The normalized spacial score (nSPS) is 45.8. The third kappa shape index (κ3) is 5.16. The van der Waals surface area contributed by atoms with Gasteiger partial charge in [0.25, 0.3) is 0 Å². The molecule has 2 aliphatic heterocycles. The second-order valence-corrected chi connectivity index (χ2v) is 6.89. The fraction of sp³-hybridized carbons (Fsp3) is 1.00. The van der Waals surface area contributed by atoms with E-state index in [0.29, 0.717) is 0 Å². The van der Waals surface area contributed by atoms with Gasteiger partial charge in [-0.2, -0.15) is 0 Å². The Morgan fingerprint density at radius 3 is 2.14 bits per heavy atom. The lowest BCUT2D eigenvalue weighted by molar-refractivity contribution is -0.345. The van der Waals surface area contributed by atoms with Crippen LogP contribution in [0.4, 0.5) is 0 Å². The second kappa shape index (κ2) is 10.5. The minimum Gasteiger partial charge on any atom is -0.394 e. The summed E-state index contributed by atoms with van der Waals surface area (Å²) in [6.45, 7) is 0.795. The van der Waals surface area contributed by atoms with Crippen molar-refractivity contribution in [2.24, 2.45) is 0 Å².